The fraction of sp³-hybridized carbons (Fsp3) is 0.342. The lowest BCUT2D eigenvalue weighted by atomic mass is 9.84. The van der Waals surface area contributed by atoms with E-state index in [1.165, 1.54) is 24.3 Å². The summed E-state index contributed by atoms with van der Waals surface area (Å²) in [4.78, 5) is 13.3. The number of benzene rings is 4. The van der Waals surface area contributed by atoms with Crippen LogP contribution in [0, 0.1) is 0 Å². The molecule has 3 atom stereocenters. The molecule has 1 saturated heterocycles. The Morgan fingerprint density at radius 1 is 0.623 bits per heavy atom. The van der Waals surface area contributed by atoms with Gasteiger partial charge in [0.1, 0.15) is 17.2 Å². The maximum Gasteiger partial charge on any atom is 0.573 e. The minimum absolute atomic E-state index is 0.0418. The molecule has 1 N–H and O–H groups in total. The number of halogens is 6. The van der Waals surface area contributed by atoms with Gasteiger partial charge in [0.25, 0.3) is 0 Å². The molecule has 0 spiro atoms. The number of amides is 1. The van der Waals surface area contributed by atoms with Crippen molar-refractivity contribution in [2.45, 2.75) is 57.1 Å². The van der Waals surface area contributed by atoms with Crippen LogP contribution in [0.3, 0.4) is 0 Å². The summed E-state index contributed by atoms with van der Waals surface area (Å²) in [6.45, 7) is 1.19. The second-order valence-electron chi connectivity index (χ2n) is 12.1. The van der Waals surface area contributed by atoms with E-state index >= 15 is 0 Å². The molecule has 0 saturated carbocycles. The maximum absolute atomic E-state index is 12.6. The Labute approximate surface area is 301 Å². The number of nitrogens with zero attached hydrogens (tertiary/aromatic N) is 1. The Kier molecular flexibility index (Phi) is 13.4. The predicted octanol–water partition coefficient (Wildman–Crippen LogP) is 8.72. The van der Waals surface area contributed by atoms with Crippen LogP contribution in [0.5, 0.6) is 17.2 Å². The molecular formula is C38H37F6NO8. The first-order valence-electron chi connectivity index (χ1n) is 16.6. The van der Waals surface area contributed by atoms with Crippen molar-refractivity contribution in [2.75, 3.05) is 26.3 Å². The van der Waals surface area contributed by atoms with E-state index in [4.69, 9.17) is 18.9 Å². The molecule has 15 heteroatoms. The topological polar surface area (TPSA) is 95.9 Å². The van der Waals surface area contributed by atoms with Crippen molar-refractivity contribution in [1.29, 1.82) is 0 Å². The van der Waals surface area contributed by atoms with E-state index in [0.717, 1.165) is 40.3 Å². The van der Waals surface area contributed by atoms with E-state index in [1.54, 1.807) is 12.1 Å². The Hall–Kier alpha value is -4.99. The molecule has 53 heavy (non-hydrogen) atoms. The zero-order chi connectivity index (χ0) is 37.8. The summed E-state index contributed by atoms with van der Waals surface area (Å²) in [5.74, 6) is -0.742. The van der Waals surface area contributed by atoms with Gasteiger partial charge in [-0.15, -0.1) is 26.3 Å². The fourth-order valence-corrected chi connectivity index (χ4v) is 5.76. The molecule has 5 rings (SSSR count). The summed E-state index contributed by atoms with van der Waals surface area (Å²) in [5.41, 5.74) is 2.85. The van der Waals surface area contributed by atoms with E-state index < -0.39 is 48.4 Å². The summed E-state index contributed by atoms with van der Waals surface area (Å²) in [6, 6.07) is 27.2. The summed E-state index contributed by atoms with van der Waals surface area (Å²) >= 11 is 0. The molecule has 1 aliphatic rings. The third-order valence-electron chi connectivity index (χ3n) is 8.19. The third-order valence-corrected chi connectivity index (χ3v) is 8.19. The van der Waals surface area contributed by atoms with Crippen LogP contribution in [0.2, 0.25) is 0 Å². The largest absolute Gasteiger partial charge is 0.573 e. The predicted molar refractivity (Wildman–Crippen MR) is 178 cm³/mol. The highest BCUT2D eigenvalue weighted by Crippen LogP contribution is 2.35. The number of piperidine rings is 1. The van der Waals surface area contributed by atoms with Crippen LogP contribution in [0.1, 0.15) is 34.6 Å². The summed E-state index contributed by atoms with van der Waals surface area (Å²) in [6.07, 6.45) is -11.8. The van der Waals surface area contributed by atoms with Gasteiger partial charge in [-0.2, -0.15) is 0 Å². The van der Waals surface area contributed by atoms with Gasteiger partial charge in [0.05, 0.1) is 58.3 Å². The van der Waals surface area contributed by atoms with Gasteiger partial charge in [0, 0.05) is 12.3 Å². The molecule has 4 aromatic carbocycles. The average molecular weight is 750 g/mol. The highest BCUT2D eigenvalue weighted by atomic mass is 19.4. The molecule has 4 aromatic rings. The average Bonchev–Trinajstić information content (AvgIpc) is 3.11. The number of alkyl halides is 6. The van der Waals surface area contributed by atoms with Crippen LogP contribution in [0.15, 0.2) is 103 Å². The number of ether oxygens (including phenoxy) is 6. The first kappa shape index (κ1) is 39.2. The van der Waals surface area contributed by atoms with Gasteiger partial charge < -0.3 is 38.4 Å². The smallest absolute Gasteiger partial charge is 0.494 e. The molecule has 0 aliphatic carbocycles. The number of hydrogen-bond acceptors (Lipinski definition) is 7. The first-order chi connectivity index (χ1) is 25.3. The Balaban J connectivity index is 1.28. The molecule has 9 nitrogen and oxygen atoms in total. The van der Waals surface area contributed by atoms with Crippen molar-refractivity contribution in [1.82, 2.24) is 4.90 Å². The highest BCUT2D eigenvalue weighted by molar-refractivity contribution is 5.65. The van der Waals surface area contributed by atoms with Gasteiger partial charge in [0.15, 0.2) is 0 Å². The lowest BCUT2D eigenvalue weighted by Gasteiger charge is -2.42. The van der Waals surface area contributed by atoms with E-state index in [1.807, 2.05) is 42.5 Å². The van der Waals surface area contributed by atoms with Crippen molar-refractivity contribution in [3.8, 4) is 17.2 Å². The Bertz CT molecular complexity index is 1630. The zero-order valence-corrected chi connectivity index (χ0v) is 28.2. The van der Waals surface area contributed by atoms with Crippen molar-refractivity contribution < 1.29 is 64.7 Å². The molecule has 1 heterocycles. The SMILES string of the molecule is O=C(O)N1C[C@H](OCc2ccc(OC(F)(F)F)cc2)[C@H](c2ccc(OCCCOCc3ccccc3)cc2)[C@H](OCc2ccc(OC(F)(F)F)cc2)C1. The first-order valence-corrected chi connectivity index (χ1v) is 16.6. The number of likely N-dealkylation sites (tertiary alicyclic amines) is 1. The molecule has 284 valence electrons. The third kappa shape index (κ3) is 12.9. The fourth-order valence-electron chi connectivity index (χ4n) is 5.76. The molecule has 0 bridgehead atoms. The van der Waals surface area contributed by atoms with E-state index in [0.29, 0.717) is 43.1 Å². The second kappa shape index (κ2) is 18.2. The van der Waals surface area contributed by atoms with Gasteiger partial charge in [-0.25, -0.2) is 4.79 Å². The molecule has 0 unspecified atom stereocenters. The van der Waals surface area contributed by atoms with E-state index in [2.05, 4.69) is 9.47 Å². The number of hydrogen-bond donors (Lipinski definition) is 1. The molecule has 1 amide bonds. The maximum atomic E-state index is 12.6. The van der Waals surface area contributed by atoms with Crippen molar-refractivity contribution in [3.05, 3.63) is 125 Å². The van der Waals surface area contributed by atoms with Gasteiger partial charge >= 0.3 is 18.8 Å². The number of rotatable bonds is 16. The minimum atomic E-state index is -4.85. The van der Waals surface area contributed by atoms with Crippen LogP contribution in [0.25, 0.3) is 0 Å². The quantitative estimate of drug-likeness (QED) is 0.0899. The van der Waals surface area contributed by atoms with Gasteiger partial charge in [0.2, 0.25) is 0 Å². The summed E-state index contributed by atoms with van der Waals surface area (Å²) < 4.78 is 108. The van der Waals surface area contributed by atoms with Gasteiger partial charge in [-0.3, -0.25) is 0 Å². The van der Waals surface area contributed by atoms with Crippen LogP contribution < -0.4 is 14.2 Å². The minimum Gasteiger partial charge on any atom is -0.494 e. The van der Waals surface area contributed by atoms with Crippen LogP contribution in [-0.2, 0) is 34.0 Å². The zero-order valence-electron chi connectivity index (χ0n) is 28.2. The lowest BCUT2D eigenvalue weighted by Crippen LogP contribution is -2.54. The molecule has 0 aromatic heterocycles. The van der Waals surface area contributed by atoms with Crippen molar-refractivity contribution in [3.63, 3.8) is 0 Å². The second-order valence-corrected chi connectivity index (χ2v) is 12.1. The number of carboxylic acid groups (broad SMARTS) is 1. The van der Waals surface area contributed by atoms with Crippen molar-refractivity contribution in [2.24, 2.45) is 0 Å². The van der Waals surface area contributed by atoms with Gasteiger partial charge in [-0.05, 0) is 58.7 Å². The van der Waals surface area contributed by atoms with Crippen LogP contribution in [0.4, 0.5) is 31.1 Å². The summed E-state index contributed by atoms with van der Waals surface area (Å²) in [7, 11) is 0. The van der Waals surface area contributed by atoms with E-state index in [9.17, 15) is 36.2 Å². The summed E-state index contributed by atoms with van der Waals surface area (Å²) in [5, 5.41) is 9.96. The van der Waals surface area contributed by atoms with Crippen LogP contribution in [-0.4, -0.2) is 67.3 Å². The molecule has 0 radical (unpaired) electrons. The molecule has 1 aliphatic heterocycles. The monoisotopic (exact) mass is 749 g/mol. The van der Waals surface area contributed by atoms with Crippen LogP contribution >= 0.6 is 0 Å². The van der Waals surface area contributed by atoms with Crippen molar-refractivity contribution >= 4 is 6.09 Å². The normalized spacial score (nSPS) is 17.7. The van der Waals surface area contributed by atoms with Gasteiger partial charge in [-0.1, -0.05) is 66.7 Å². The molecular weight excluding hydrogens is 712 g/mol. The Morgan fingerprint density at radius 2 is 1.09 bits per heavy atom. The Morgan fingerprint density at radius 3 is 1.57 bits per heavy atom. The highest BCUT2D eigenvalue weighted by Gasteiger charge is 2.41. The molecule has 1 fully saturated rings. The lowest BCUT2D eigenvalue weighted by molar-refractivity contribution is -0.275. The standard InChI is InChI=1S/C38H37F6NO8/c39-37(40,41)52-31-13-7-27(8-14-31)24-50-33-21-45(36(46)47)22-34(51-25-28-9-15-32(16-10-28)53-38(42,43)44)35(33)29-11-17-30(18-12-29)49-20-4-19-48-23-26-5-2-1-3-6-26/h1-3,5-18,33-35H,4,19-25H2,(H,46,47)/t33-,34+,35-. The van der Waals surface area contributed by atoms with E-state index in [-0.39, 0.29) is 26.3 Å². The number of carbonyl (C=O) groups is 1.